The molecule has 0 aliphatic heterocycles. The summed E-state index contributed by atoms with van der Waals surface area (Å²) in [5, 5.41) is 29.9. The van der Waals surface area contributed by atoms with Gasteiger partial charge in [-0.05, 0) is 188 Å². The molecule has 14 aromatic rings. The van der Waals surface area contributed by atoms with Crippen LogP contribution in [0.15, 0.2) is 170 Å². The molecule has 252 valence electrons. The molecule has 15 rings (SSSR count). The van der Waals surface area contributed by atoms with Gasteiger partial charge in [-0.3, -0.25) is 0 Å². The van der Waals surface area contributed by atoms with Crippen LogP contribution in [0.2, 0.25) is 0 Å². The highest BCUT2D eigenvalue weighted by atomic mass is 14.3. The van der Waals surface area contributed by atoms with Gasteiger partial charge < -0.3 is 0 Å². The van der Waals surface area contributed by atoms with Gasteiger partial charge in [-0.2, -0.15) is 0 Å². The minimum atomic E-state index is 1.25. The third-order valence-electron chi connectivity index (χ3n) is 13.7. The van der Waals surface area contributed by atoms with E-state index in [4.69, 9.17) is 0 Å². The van der Waals surface area contributed by atoms with Gasteiger partial charge in [0, 0.05) is 0 Å². The zero-order valence-corrected chi connectivity index (χ0v) is 30.2. The molecule has 0 N–H and O–H groups in total. The summed E-state index contributed by atoms with van der Waals surface area (Å²) in [7, 11) is 0. The zero-order valence-electron chi connectivity index (χ0n) is 30.2. The SMILES string of the molecule is c1ccc(-c2ccc3cc4cc5c(cc4cc3c2)-c2ccc3c4ccc6c7c(ccc(c8ccc-5c2c83)c47)c2cc3cccc4c5ccccc5c(c34)c26)cc1. The summed E-state index contributed by atoms with van der Waals surface area (Å²) >= 11 is 0. The Bertz CT molecular complexity index is 4050. The average Bonchev–Trinajstić information content (AvgIpc) is 3.88. The van der Waals surface area contributed by atoms with Crippen molar-refractivity contribution in [3.63, 3.8) is 0 Å². The Morgan fingerprint density at radius 2 is 0.696 bits per heavy atom. The summed E-state index contributed by atoms with van der Waals surface area (Å²) in [4.78, 5) is 0. The first-order valence-electron chi connectivity index (χ1n) is 19.7. The molecular weight excluding hydrogens is 673 g/mol. The van der Waals surface area contributed by atoms with E-state index in [1.165, 1.54) is 152 Å². The van der Waals surface area contributed by atoms with Crippen molar-refractivity contribution in [2.24, 2.45) is 0 Å². The van der Waals surface area contributed by atoms with Gasteiger partial charge in [-0.15, -0.1) is 0 Å². The number of rotatable bonds is 1. The average molecular weight is 701 g/mol. The van der Waals surface area contributed by atoms with Crippen molar-refractivity contribution in [2.75, 3.05) is 0 Å². The molecule has 0 saturated heterocycles. The molecule has 1 aliphatic carbocycles. The topological polar surface area (TPSA) is 0 Å². The van der Waals surface area contributed by atoms with Crippen LogP contribution in [0.4, 0.5) is 0 Å². The van der Waals surface area contributed by atoms with Crippen molar-refractivity contribution >= 4 is 118 Å². The lowest BCUT2D eigenvalue weighted by Gasteiger charge is -2.16. The van der Waals surface area contributed by atoms with E-state index in [9.17, 15) is 0 Å². The fraction of sp³-hybridized carbons (Fsp3) is 0. The van der Waals surface area contributed by atoms with Crippen LogP contribution in [0.25, 0.3) is 152 Å². The largest absolute Gasteiger partial charge is 0.0622 e. The normalized spacial score (nSPS) is 13.0. The van der Waals surface area contributed by atoms with Crippen molar-refractivity contribution < 1.29 is 0 Å². The summed E-state index contributed by atoms with van der Waals surface area (Å²) in [6.45, 7) is 0. The third kappa shape index (κ3) is 3.20. The van der Waals surface area contributed by atoms with E-state index in [1.807, 2.05) is 0 Å². The van der Waals surface area contributed by atoms with E-state index in [2.05, 4.69) is 170 Å². The third-order valence-corrected chi connectivity index (χ3v) is 13.7. The Hall–Kier alpha value is -7.28. The lowest BCUT2D eigenvalue weighted by molar-refractivity contribution is 1.65. The van der Waals surface area contributed by atoms with Gasteiger partial charge in [-0.1, -0.05) is 133 Å². The monoisotopic (exact) mass is 700 g/mol. The number of benzene rings is 12. The van der Waals surface area contributed by atoms with Crippen LogP contribution in [0.5, 0.6) is 0 Å². The van der Waals surface area contributed by atoms with Gasteiger partial charge in [0.05, 0.1) is 0 Å². The van der Waals surface area contributed by atoms with Crippen LogP contribution in [-0.2, 0) is 0 Å². The summed E-state index contributed by atoms with van der Waals surface area (Å²) in [6.07, 6.45) is 0. The lowest BCUT2D eigenvalue weighted by Crippen LogP contribution is -1.88. The first-order valence-corrected chi connectivity index (χ1v) is 19.7. The standard InChI is InChI=1S/C56H28/c1-2-7-29(8-3-1)30-13-14-31-24-34-27-47-43-18-15-39-41-17-20-45-49-26-32-9-6-12-37-36-10-4-5-11-38(36)56(50(32)37)55(49)46-22-21-42(52(41)54(45)46)40-16-19-44(53(43)51(39)40)48(47)28-35(34)25-33(31)23-30/h1-28H. The first kappa shape index (κ1) is 28.2. The molecule has 0 atom stereocenters. The molecule has 0 amide bonds. The molecule has 0 aromatic heterocycles. The first-order chi connectivity index (χ1) is 27.8. The summed E-state index contributed by atoms with van der Waals surface area (Å²) < 4.78 is 0. The molecule has 56 heavy (non-hydrogen) atoms. The molecular formula is C56H28. The van der Waals surface area contributed by atoms with E-state index in [-0.39, 0.29) is 0 Å². The quantitative estimate of drug-likeness (QED) is 0.118. The second kappa shape index (κ2) is 9.50. The summed E-state index contributed by atoms with van der Waals surface area (Å²) in [5.74, 6) is 0. The van der Waals surface area contributed by atoms with E-state index in [0.29, 0.717) is 0 Å². The van der Waals surface area contributed by atoms with Gasteiger partial charge in [0.15, 0.2) is 0 Å². The second-order valence-corrected chi connectivity index (χ2v) is 16.3. The van der Waals surface area contributed by atoms with Crippen LogP contribution < -0.4 is 0 Å². The van der Waals surface area contributed by atoms with Crippen molar-refractivity contribution in [3.05, 3.63) is 170 Å². The molecule has 1 aliphatic rings. The molecule has 0 saturated carbocycles. The second-order valence-electron chi connectivity index (χ2n) is 16.3. The molecule has 0 radical (unpaired) electrons. The van der Waals surface area contributed by atoms with E-state index in [0.717, 1.165) is 0 Å². The Morgan fingerprint density at radius 1 is 0.179 bits per heavy atom. The van der Waals surface area contributed by atoms with Crippen molar-refractivity contribution in [3.8, 4) is 33.4 Å². The minimum absolute atomic E-state index is 1.25. The molecule has 14 aromatic carbocycles. The summed E-state index contributed by atoms with van der Waals surface area (Å²) in [5.41, 5.74) is 7.90. The van der Waals surface area contributed by atoms with Crippen molar-refractivity contribution in [1.29, 1.82) is 0 Å². The zero-order chi connectivity index (χ0) is 36.0. The molecule has 0 fully saturated rings. The molecule has 0 heterocycles. The Labute approximate surface area is 320 Å². The Morgan fingerprint density at radius 3 is 1.45 bits per heavy atom. The van der Waals surface area contributed by atoms with Crippen LogP contribution in [-0.4, -0.2) is 0 Å². The lowest BCUT2D eigenvalue weighted by atomic mass is 9.87. The van der Waals surface area contributed by atoms with Crippen LogP contribution >= 0.6 is 0 Å². The highest BCUT2D eigenvalue weighted by Crippen LogP contribution is 2.55. The van der Waals surface area contributed by atoms with Crippen molar-refractivity contribution in [1.82, 2.24) is 0 Å². The van der Waals surface area contributed by atoms with Crippen LogP contribution in [0, 0.1) is 0 Å². The predicted molar refractivity (Wildman–Crippen MR) is 242 cm³/mol. The predicted octanol–water partition coefficient (Wildman–Crippen LogP) is 16.0. The van der Waals surface area contributed by atoms with Crippen molar-refractivity contribution in [2.45, 2.75) is 0 Å². The van der Waals surface area contributed by atoms with Crippen LogP contribution in [0.1, 0.15) is 0 Å². The van der Waals surface area contributed by atoms with Gasteiger partial charge in [0.2, 0.25) is 0 Å². The Kier molecular flexibility index (Phi) is 4.78. The maximum absolute atomic E-state index is 2.46. The highest BCUT2D eigenvalue weighted by molar-refractivity contribution is 6.49. The maximum Gasteiger partial charge on any atom is -0.000785 e. The number of fused-ring (bicyclic) bond motifs is 14. The van der Waals surface area contributed by atoms with E-state index >= 15 is 0 Å². The molecule has 0 spiro atoms. The summed E-state index contributed by atoms with van der Waals surface area (Å²) in [6, 6.07) is 64.9. The van der Waals surface area contributed by atoms with E-state index < -0.39 is 0 Å². The fourth-order valence-corrected chi connectivity index (χ4v) is 11.5. The minimum Gasteiger partial charge on any atom is -0.0622 e. The maximum atomic E-state index is 2.46. The smallest absolute Gasteiger partial charge is 0.000785 e. The molecule has 0 unspecified atom stereocenters. The van der Waals surface area contributed by atoms with Gasteiger partial charge >= 0.3 is 0 Å². The molecule has 0 bridgehead atoms. The van der Waals surface area contributed by atoms with Gasteiger partial charge in [0.25, 0.3) is 0 Å². The highest BCUT2D eigenvalue weighted by Gasteiger charge is 2.27. The number of hydrogen-bond donors (Lipinski definition) is 0. The fourth-order valence-electron chi connectivity index (χ4n) is 11.5. The molecule has 0 heteroatoms. The van der Waals surface area contributed by atoms with E-state index in [1.54, 1.807) is 0 Å². The van der Waals surface area contributed by atoms with Gasteiger partial charge in [-0.25, -0.2) is 0 Å². The van der Waals surface area contributed by atoms with Crippen LogP contribution in [0.3, 0.4) is 0 Å². The molecule has 0 nitrogen and oxygen atoms in total. The number of hydrogen-bond acceptors (Lipinski definition) is 0. The Balaban J connectivity index is 1.01. The van der Waals surface area contributed by atoms with Gasteiger partial charge in [0.1, 0.15) is 0 Å².